The van der Waals surface area contributed by atoms with Gasteiger partial charge in [0.2, 0.25) is 0 Å². The number of hydrogen-bond acceptors (Lipinski definition) is 3. The van der Waals surface area contributed by atoms with E-state index in [1.807, 2.05) is 19.2 Å². The van der Waals surface area contributed by atoms with Crippen LogP contribution in [0.4, 0.5) is 5.82 Å². The highest BCUT2D eigenvalue weighted by molar-refractivity contribution is 9.10. The van der Waals surface area contributed by atoms with Crippen LogP contribution in [0.1, 0.15) is 75.1 Å². The van der Waals surface area contributed by atoms with Crippen LogP contribution >= 0.6 is 15.9 Å². The molecule has 2 aromatic carbocycles. The van der Waals surface area contributed by atoms with E-state index in [0.717, 1.165) is 22.2 Å². The van der Waals surface area contributed by atoms with Crippen molar-refractivity contribution in [1.29, 1.82) is 0 Å². The van der Waals surface area contributed by atoms with Gasteiger partial charge in [-0.05, 0) is 76.8 Å². The Bertz CT molecular complexity index is 1180. The lowest BCUT2D eigenvalue weighted by atomic mass is 9.86. The van der Waals surface area contributed by atoms with Crippen molar-refractivity contribution in [3.8, 4) is 0 Å². The van der Waals surface area contributed by atoms with Gasteiger partial charge in [-0.25, -0.2) is 4.98 Å². The fourth-order valence-corrected chi connectivity index (χ4v) is 3.63. The van der Waals surface area contributed by atoms with Crippen molar-refractivity contribution in [2.75, 3.05) is 5.73 Å². The molecule has 37 heavy (non-hydrogen) atoms. The first kappa shape index (κ1) is 30.2. The monoisotopic (exact) mass is 559 g/mol. The van der Waals surface area contributed by atoms with Gasteiger partial charge in [0, 0.05) is 29.0 Å². The third kappa shape index (κ3) is 11.3. The molecule has 0 unspecified atom stereocenters. The summed E-state index contributed by atoms with van der Waals surface area (Å²) in [6.07, 6.45) is 4.58. The number of aromatic nitrogens is 2. The summed E-state index contributed by atoms with van der Waals surface area (Å²) in [5.74, 6) is 0.579. The molecule has 0 bridgehead atoms. The molecule has 0 spiro atoms. The Kier molecular flexibility index (Phi) is 11.1. The lowest BCUT2D eigenvalue weighted by Gasteiger charge is -2.19. The predicted molar refractivity (Wildman–Crippen MR) is 163 cm³/mol. The van der Waals surface area contributed by atoms with Gasteiger partial charge < -0.3 is 5.73 Å². The largest absolute Gasteiger partial charge is 0.384 e. The third-order valence-electron chi connectivity index (χ3n) is 5.82. The molecule has 0 saturated carbocycles. The molecule has 0 fully saturated rings. The van der Waals surface area contributed by atoms with Crippen LogP contribution in [-0.2, 0) is 17.3 Å². The number of nitrogens with two attached hydrogens (primary N) is 1. The zero-order valence-electron chi connectivity index (χ0n) is 23.6. The number of halogens is 1. The summed E-state index contributed by atoms with van der Waals surface area (Å²) in [5.41, 5.74) is 13.4. The van der Waals surface area contributed by atoms with E-state index in [1.54, 1.807) is 12.3 Å². The maximum atomic E-state index is 5.32. The minimum atomic E-state index is 0.223. The van der Waals surface area contributed by atoms with Gasteiger partial charge in [-0.1, -0.05) is 106 Å². The molecule has 2 N–H and O–H groups in total. The quantitative estimate of drug-likeness (QED) is 0.266. The fourth-order valence-electron chi connectivity index (χ4n) is 3.36. The fraction of sp³-hybridized carbons (Fsp3) is 0.333. The third-order valence-corrected chi connectivity index (χ3v) is 6.35. The highest BCUT2D eigenvalue weighted by Crippen LogP contribution is 2.24. The van der Waals surface area contributed by atoms with E-state index in [2.05, 4.69) is 135 Å². The standard InChI is InChI=1S/C17H21N.C10H13Br.C6H8N2/c1-13-5-10-16(18-12-13)11-14-6-8-15(9-7-14)17(2,3)4;1-10(2,3)8-4-6-9(11)7-5-8;1-5-2-3-6(7)8-4-5/h5-10,12H,11H2,1-4H3;4-7H,1-3H3;2-4H,1H3,(H2,7,8). The van der Waals surface area contributed by atoms with Crippen LogP contribution in [0.25, 0.3) is 0 Å². The van der Waals surface area contributed by atoms with Crippen LogP contribution in [0.3, 0.4) is 0 Å². The summed E-state index contributed by atoms with van der Waals surface area (Å²) in [4.78, 5) is 8.30. The minimum absolute atomic E-state index is 0.223. The number of hydrogen-bond donors (Lipinski definition) is 1. The molecule has 4 heteroatoms. The number of nitrogens with zero attached hydrogens (tertiary/aromatic N) is 2. The Morgan fingerprint density at radius 1 is 0.622 bits per heavy atom. The number of anilines is 1. The van der Waals surface area contributed by atoms with Gasteiger partial charge in [0.1, 0.15) is 5.82 Å². The van der Waals surface area contributed by atoms with Gasteiger partial charge >= 0.3 is 0 Å². The summed E-state index contributed by atoms with van der Waals surface area (Å²) in [5, 5.41) is 0. The van der Waals surface area contributed by atoms with Gasteiger partial charge in [-0.2, -0.15) is 0 Å². The van der Waals surface area contributed by atoms with Crippen molar-refractivity contribution in [3.63, 3.8) is 0 Å². The molecular weight excluding hydrogens is 518 g/mol. The first-order valence-electron chi connectivity index (χ1n) is 12.7. The molecule has 2 aromatic heterocycles. The first-order valence-corrected chi connectivity index (χ1v) is 13.5. The van der Waals surface area contributed by atoms with E-state index in [1.165, 1.54) is 22.3 Å². The van der Waals surface area contributed by atoms with Crippen molar-refractivity contribution in [2.24, 2.45) is 0 Å². The summed E-state index contributed by atoms with van der Waals surface area (Å²) in [6.45, 7) is 17.4. The Hall–Kier alpha value is -2.98. The molecule has 0 aliphatic rings. The molecule has 4 aromatic rings. The normalized spacial score (nSPS) is 11.1. The maximum absolute atomic E-state index is 5.32. The first-order chi connectivity index (χ1) is 17.2. The molecule has 0 aliphatic carbocycles. The van der Waals surface area contributed by atoms with Gasteiger partial charge in [-0.15, -0.1) is 0 Å². The molecule has 0 aliphatic heterocycles. The van der Waals surface area contributed by atoms with Crippen LogP contribution in [0.5, 0.6) is 0 Å². The highest BCUT2D eigenvalue weighted by atomic mass is 79.9. The number of benzene rings is 2. The SMILES string of the molecule is CC(C)(C)c1ccc(Br)cc1.Cc1ccc(Cc2ccc(C(C)(C)C)cc2)nc1.Cc1ccc(N)nc1. The van der Waals surface area contributed by atoms with Gasteiger partial charge in [-0.3, -0.25) is 4.98 Å². The van der Waals surface area contributed by atoms with Crippen molar-refractivity contribution in [1.82, 2.24) is 9.97 Å². The average molecular weight is 561 g/mol. The lowest BCUT2D eigenvalue weighted by molar-refractivity contribution is 0.590. The Morgan fingerprint density at radius 3 is 1.46 bits per heavy atom. The van der Waals surface area contributed by atoms with Crippen LogP contribution in [0, 0.1) is 13.8 Å². The molecule has 0 atom stereocenters. The van der Waals surface area contributed by atoms with Gasteiger partial charge in [0.25, 0.3) is 0 Å². The molecule has 3 nitrogen and oxygen atoms in total. The molecular formula is C33H42BrN3. The van der Waals surface area contributed by atoms with Crippen molar-refractivity contribution in [3.05, 3.63) is 123 Å². The predicted octanol–water partition coefficient (Wildman–Crippen LogP) is 9.00. The van der Waals surface area contributed by atoms with Crippen LogP contribution in [-0.4, -0.2) is 9.97 Å². The summed E-state index contributed by atoms with van der Waals surface area (Å²) in [7, 11) is 0. The summed E-state index contributed by atoms with van der Waals surface area (Å²) in [6, 6.07) is 25.3. The minimum Gasteiger partial charge on any atom is -0.384 e. The average Bonchev–Trinajstić information content (AvgIpc) is 2.83. The molecule has 196 valence electrons. The number of aryl methyl sites for hydroxylation is 2. The van der Waals surface area contributed by atoms with Crippen LogP contribution < -0.4 is 5.73 Å². The maximum Gasteiger partial charge on any atom is 0.123 e. The lowest BCUT2D eigenvalue weighted by Crippen LogP contribution is -2.10. The van der Waals surface area contributed by atoms with E-state index < -0.39 is 0 Å². The number of pyridine rings is 2. The topological polar surface area (TPSA) is 51.8 Å². The Labute approximate surface area is 232 Å². The van der Waals surface area contributed by atoms with Crippen molar-refractivity contribution in [2.45, 2.75) is 72.6 Å². The second-order valence-corrected chi connectivity index (χ2v) is 12.4. The number of nitrogen functional groups attached to an aromatic ring is 1. The summed E-state index contributed by atoms with van der Waals surface area (Å²) < 4.78 is 1.14. The smallest absolute Gasteiger partial charge is 0.123 e. The molecule has 0 saturated heterocycles. The second kappa shape index (κ2) is 13.5. The zero-order chi connectivity index (χ0) is 27.6. The molecule has 0 radical (unpaired) electrons. The second-order valence-electron chi connectivity index (χ2n) is 11.5. The highest BCUT2D eigenvalue weighted by Gasteiger charge is 2.13. The number of rotatable bonds is 2. The Morgan fingerprint density at radius 2 is 1.08 bits per heavy atom. The van der Waals surface area contributed by atoms with E-state index in [4.69, 9.17) is 5.73 Å². The zero-order valence-corrected chi connectivity index (χ0v) is 25.2. The van der Waals surface area contributed by atoms with Crippen LogP contribution in [0.15, 0.2) is 89.7 Å². The van der Waals surface area contributed by atoms with E-state index in [9.17, 15) is 0 Å². The van der Waals surface area contributed by atoms with E-state index in [0.29, 0.717) is 5.82 Å². The van der Waals surface area contributed by atoms with E-state index >= 15 is 0 Å². The van der Waals surface area contributed by atoms with Crippen molar-refractivity contribution < 1.29 is 0 Å². The molecule has 4 rings (SSSR count). The molecule has 2 heterocycles. The van der Waals surface area contributed by atoms with Crippen LogP contribution in [0.2, 0.25) is 0 Å². The van der Waals surface area contributed by atoms with Crippen molar-refractivity contribution >= 4 is 21.7 Å². The summed E-state index contributed by atoms with van der Waals surface area (Å²) >= 11 is 3.41. The molecule has 0 amide bonds. The van der Waals surface area contributed by atoms with E-state index in [-0.39, 0.29) is 10.8 Å². The van der Waals surface area contributed by atoms with Gasteiger partial charge in [0.15, 0.2) is 0 Å². The Balaban J connectivity index is 0.000000215. The van der Waals surface area contributed by atoms with Gasteiger partial charge in [0.05, 0.1) is 0 Å².